The molecule has 1 unspecified atom stereocenters. The van der Waals surface area contributed by atoms with E-state index >= 15 is 0 Å². The van der Waals surface area contributed by atoms with Gasteiger partial charge in [0.2, 0.25) is 5.91 Å². The van der Waals surface area contributed by atoms with E-state index in [0.29, 0.717) is 5.02 Å². The second kappa shape index (κ2) is 12.1. The van der Waals surface area contributed by atoms with Crippen molar-refractivity contribution in [3.63, 3.8) is 0 Å². The number of hydrogen-bond donors (Lipinski definition) is 1. The Labute approximate surface area is 230 Å². The number of nitrogens with one attached hydrogen (secondary N) is 1. The van der Waals surface area contributed by atoms with Crippen LogP contribution in [0.2, 0.25) is 5.02 Å². The van der Waals surface area contributed by atoms with Gasteiger partial charge in [-0.15, -0.1) is 0 Å². The number of anilines is 1. The van der Waals surface area contributed by atoms with Gasteiger partial charge in [-0.1, -0.05) is 43.1 Å². The molecule has 0 aliphatic heterocycles. The first-order chi connectivity index (χ1) is 17.9. The van der Waals surface area contributed by atoms with Gasteiger partial charge in [0.15, 0.2) is 0 Å². The average Bonchev–Trinajstić information content (AvgIpc) is 2.86. The molecule has 0 aromatic heterocycles. The van der Waals surface area contributed by atoms with Gasteiger partial charge in [-0.2, -0.15) is 0 Å². The summed E-state index contributed by atoms with van der Waals surface area (Å²) in [6.07, 6.45) is 0. The topological polar surface area (TPSA) is 84.9 Å². The van der Waals surface area contributed by atoms with Crippen molar-refractivity contribution in [2.75, 3.05) is 25.1 Å². The molecule has 1 atom stereocenters. The van der Waals surface area contributed by atoms with Crippen LogP contribution in [-0.2, 0) is 14.8 Å². The molecule has 204 valence electrons. The van der Waals surface area contributed by atoms with Gasteiger partial charge in [0.1, 0.15) is 18.0 Å². The lowest BCUT2D eigenvalue weighted by molar-refractivity contribution is -0.120. The van der Waals surface area contributed by atoms with Crippen LogP contribution in [0.15, 0.2) is 59.5 Å². The maximum Gasteiger partial charge on any atom is 0.264 e. The van der Waals surface area contributed by atoms with Crippen LogP contribution in [0.4, 0.5) is 5.69 Å². The van der Waals surface area contributed by atoms with Crippen molar-refractivity contribution >= 4 is 33.2 Å². The molecule has 3 aromatic carbocycles. The number of amides is 1. The molecular formula is C29H35ClN2O5S. The van der Waals surface area contributed by atoms with Crippen LogP contribution >= 0.6 is 11.6 Å². The zero-order valence-electron chi connectivity index (χ0n) is 22.8. The minimum atomic E-state index is -4.13. The zero-order chi connectivity index (χ0) is 28.2. The van der Waals surface area contributed by atoms with Gasteiger partial charge in [-0.05, 0) is 85.8 Å². The van der Waals surface area contributed by atoms with E-state index in [1.54, 1.807) is 31.4 Å². The first-order valence-corrected chi connectivity index (χ1v) is 14.1. The molecule has 0 heterocycles. The van der Waals surface area contributed by atoms with E-state index in [2.05, 4.69) is 19.2 Å². The van der Waals surface area contributed by atoms with Crippen LogP contribution < -0.4 is 19.1 Å². The van der Waals surface area contributed by atoms with Crippen LogP contribution in [0, 0.1) is 13.8 Å². The second-order valence-corrected chi connectivity index (χ2v) is 11.8. The third-order valence-electron chi connectivity index (χ3n) is 6.39. The van der Waals surface area contributed by atoms with Gasteiger partial charge in [-0.3, -0.25) is 9.10 Å². The van der Waals surface area contributed by atoms with Gasteiger partial charge in [-0.25, -0.2) is 8.42 Å². The predicted molar refractivity (Wildman–Crippen MR) is 152 cm³/mol. The summed E-state index contributed by atoms with van der Waals surface area (Å²) in [6, 6.07) is 14.7. The number of carbonyl (C=O) groups excluding carboxylic acids is 1. The van der Waals surface area contributed by atoms with Crippen LogP contribution in [0.25, 0.3) is 0 Å². The van der Waals surface area contributed by atoms with Crippen molar-refractivity contribution in [3.05, 3.63) is 81.9 Å². The summed E-state index contributed by atoms with van der Waals surface area (Å²) in [5, 5.41) is 3.28. The molecule has 0 fully saturated rings. The van der Waals surface area contributed by atoms with Crippen LogP contribution in [-0.4, -0.2) is 35.1 Å². The third kappa shape index (κ3) is 6.42. The maximum atomic E-state index is 13.8. The fourth-order valence-electron chi connectivity index (χ4n) is 4.30. The molecule has 7 nitrogen and oxygen atoms in total. The standard InChI is InChI=1S/C29H35ClN2O5S/c1-18(2)24-16-25(20(4)14-28(24)37-7)21(5)31-29(33)17-32(26-15-22(30)10-13-27(26)36-6)38(34,35)23-11-8-19(3)9-12-23/h8-16,18,21H,17H2,1-7H3,(H,31,33). The van der Waals surface area contributed by atoms with Gasteiger partial charge in [0, 0.05) is 5.02 Å². The summed E-state index contributed by atoms with van der Waals surface area (Å²) in [7, 11) is -1.06. The molecule has 3 aromatic rings. The Morgan fingerprint density at radius 2 is 1.55 bits per heavy atom. The minimum Gasteiger partial charge on any atom is -0.496 e. The minimum absolute atomic E-state index is 0.0542. The number of methoxy groups -OCH3 is 2. The highest BCUT2D eigenvalue weighted by Gasteiger charge is 2.30. The summed E-state index contributed by atoms with van der Waals surface area (Å²) in [4.78, 5) is 13.4. The first kappa shape index (κ1) is 29.3. The number of aryl methyl sites for hydroxylation is 2. The Bertz CT molecular complexity index is 1410. The number of ether oxygens (including phenoxy) is 2. The number of carbonyl (C=O) groups is 1. The summed E-state index contributed by atoms with van der Waals surface area (Å²) in [5.41, 5.74) is 4.00. The molecule has 9 heteroatoms. The van der Waals surface area contributed by atoms with Crippen LogP contribution in [0.1, 0.15) is 55.0 Å². The largest absolute Gasteiger partial charge is 0.496 e. The summed E-state index contributed by atoms with van der Waals surface area (Å²) >= 11 is 6.23. The van der Waals surface area contributed by atoms with E-state index in [9.17, 15) is 13.2 Å². The van der Waals surface area contributed by atoms with E-state index in [0.717, 1.165) is 32.3 Å². The number of rotatable bonds is 10. The Hall–Kier alpha value is -3.23. The van der Waals surface area contributed by atoms with E-state index in [1.807, 2.05) is 32.9 Å². The highest BCUT2D eigenvalue weighted by molar-refractivity contribution is 7.92. The second-order valence-electron chi connectivity index (χ2n) is 9.54. The fraction of sp³-hybridized carbons (Fsp3) is 0.345. The van der Waals surface area contributed by atoms with Crippen molar-refractivity contribution in [2.24, 2.45) is 0 Å². The van der Waals surface area contributed by atoms with Gasteiger partial charge in [0.05, 0.1) is 30.8 Å². The lowest BCUT2D eigenvalue weighted by atomic mass is 9.93. The van der Waals surface area contributed by atoms with E-state index in [1.165, 1.54) is 25.3 Å². The highest BCUT2D eigenvalue weighted by atomic mass is 35.5. The van der Waals surface area contributed by atoms with Crippen LogP contribution in [0.3, 0.4) is 0 Å². The highest BCUT2D eigenvalue weighted by Crippen LogP contribution is 2.35. The van der Waals surface area contributed by atoms with Crippen molar-refractivity contribution in [1.82, 2.24) is 5.32 Å². The van der Waals surface area contributed by atoms with Crippen molar-refractivity contribution in [3.8, 4) is 11.5 Å². The number of nitrogens with zero attached hydrogens (tertiary/aromatic N) is 1. The zero-order valence-corrected chi connectivity index (χ0v) is 24.4. The molecule has 0 bridgehead atoms. The molecule has 0 aliphatic carbocycles. The van der Waals surface area contributed by atoms with Crippen molar-refractivity contribution in [1.29, 1.82) is 0 Å². The first-order valence-electron chi connectivity index (χ1n) is 12.3. The van der Waals surface area contributed by atoms with Crippen molar-refractivity contribution < 1.29 is 22.7 Å². The predicted octanol–water partition coefficient (Wildman–Crippen LogP) is 6.17. The molecule has 3 rings (SSSR count). The van der Waals surface area contributed by atoms with Crippen LogP contribution in [0.5, 0.6) is 11.5 Å². The fourth-order valence-corrected chi connectivity index (χ4v) is 5.89. The molecule has 38 heavy (non-hydrogen) atoms. The van der Waals surface area contributed by atoms with Gasteiger partial charge >= 0.3 is 0 Å². The average molecular weight is 559 g/mol. The number of hydrogen-bond acceptors (Lipinski definition) is 5. The quantitative estimate of drug-likeness (QED) is 0.321. The maximum absolute atomic E-state index is 13.8. The lowest BCUT2D eigenvalue weighted by Crippen LogP contribution is -2.41. The number of sulfonamides is 1. The number of benzene rings is 3. The molecule has 0 saturated carbocycles. The third-order valence-corrected chi connectivity index (χ3v) is 8.40. The van der Waals surface area contributed by atoms with Gasteiger partial charge < -0.3 is 14.8 Å². The Morgan fingerprint density at radius 3 is 2.13 bits per heavy atom. The number of halogens is 1. The molecule has 0 spiro atoms. The van der Waals surface area contributed by atoms with E-state index in [4.69, 9.17) is 21.1 Å². The SMILES string of the molecule is COc1cc(C)c(C(C)NC(=O)CN(c2cc(Cl)ccc2OC)S(=O)(=O)c2ccc(C)cc2)cc1C(C)C. The van der Waals surface area contributed by atoms with E-state index in [-0.39, 0.29) is 28.3 Å². The van der Waals surface area contributed by atoms with Gasteiger partial charge in [0.25, 0.3) is 10.0 Å². The Morgan fingerprint density at radius 1 is 0.921 bits per heavy atom. The Kier molecular flexibility index (Phi) is 9.33. The smallest absolute Gasteiger partial charge is 0.264 e. The summed E-state index contributed by atoms with van der Waals surface area (Å²) < 4.78 is 39.6. The normalized spacial score (nSPS) is 12.2. The van der Waals surface area contributed by atoms with Crippen molar-refractivity contribution in [2.45, 2.75) is 51.5 Å². The molecule has 0 radical (unpaired) electrons. The molecule has 0 saturated heterocycles. The van der Waals surface area contributed by atoms with E-state index < -0.39 is 22.5 Å². The summed E-state index contributed by atoms with van der Waals surface area (Å²) in [5.74, 6) is 0.816. The molecular weight excluding hydrogens is 524 g/mol. The molecule has 0 aliphatic rings. The summed E-state index contributed by atoms with van der Waals surface area (Å²) in [6.45, 7) is 9.38. The Balaban J connectivity index is 1.99. The monoisotopic (exact) mass is 558 g/mol. The molecule has 1 N–H and O–H groups in total. The lowest BCUT2D eigenvalue weighted by Gasteiger charge is -2.27. The molecule has 1 amide bonds.